The van der Waals surface area contributed by atoms with Crippen LogP contribution in [-0.2, 0) is 12.8 Å². The number of hydrogen-bond donors (Lipinski definition) is 4. The summed E-state index contributed by atoms with van der Waals surface area (Å²) in [7, 11) is 0. The van der Waals surface area contributed by atoms with Crippen LogP contribution >= 0.6 is 0 Å². The minimum absolute atomic E-state index is 0.0783. The van der Waals surface area contributed by atoms with Crippen LogP contribution in [0.1, 0.15) is 43.0 Å². The molecule has 0 aromatic heterocycles. The largest absolute Gasteiger partial charge is 0.396 e. The normalized spacial score (nSPS) is 12.2. The molecule has 0 fully saturated rings. The number of aliphatic hydroxyl groups excluding tert-OH is 2. The van der Waals surface area contributed by atoms with E-state index >= 15 is 0 Å². The number of anilines is 4. The topological polar surface area (TPSA) is 98.7 Å². The van der Waals surface area contributed by atoms with Gasteiger partial charge in [-0.15, -0.1) is 0 Å². The van der Waals surface area contributed by atoms with E-state index in [1.54, 1.807) is 24.3 Å². The van der Waals surface area contributed by atoms with E-state index in [2.05, 4.69) is 10.6 Å². The number of carbonyl (C=O) groups excluding carboxylic acids is 2. The highest BCUT2D eigenvalue weighted by Gasteiger charge is 2.34. The van der Waals surface area contributed by atoms with Gasteiger partial charge in [0.05, 0.1) is 22.5 Å². The molecule has 0 bridgehead atoms. The third-order valence-corrected chi connectivity index (χ3v) is 6.34. The van der Waals surface area contributed by atoms with Crippen molar-refractivity contribution >= 4 is 34.3 Å². The molecule has 1 aliphatic rings. The number of aliphatic hydroxyl groups is 2. The summed E-state index contributed by atoms with van der Waals surface area (Å²) < 4.78 is 0. The molecule has 0 spiro atoms. The summed E-state index contributed by atoms with van der Waals surface area (Å²) >= 11 is 0. The lowest BCUT2D eigenvalue weighted by molar-refractivity contribution is 0.0980. The Morgan fingerprint density at radius 2 is 0.917 bits per heavy atom. The van der Waals surface area contributed by atoms with E-state index in [0.29, 0.717) is 46.5 Å². The molecule has 0 unspecified atom stereocenters. The predicted molar refractivity (Wildman–Crippen MR) is 141 cm³/mol. The first-order valence-corrected chi connectivity index (χ1v) is 11.9. The Hall–Kier alpha value is -4.26. The van der Waals surface area contributed by atoms with Crippen LogP contribution in [0.4, 0.5) is 22.7 Å². The number of benzene rings is 4. The molecule has 6 nitrogen and oxygen atoms in total. The summed E-state index contributed by atoms with van der Waals surface area (Å²) in [6.45, 7) is 0.157. The Balaban J connectivity index is 1.56. The van der Waals surface area contributed by atoms with Crippen LogP contribution in [0, 0.1) is 0 Å². The second-order valence-corrected chi connectivity index (χ2v) is 8.71. The third kappa shape index (κ3) is 4.52. The number of carbonyl (C=O) groups is 2. The third-order valence-electron chi connectivity index (χ3n) is 6.34. The molecule has 36 heavy (non-hydrogen) atoms. The van der Waals surface area contributed by atoms with E-state index in [-0.39, 0.29) is 24.8 Å². The van der Waals surface area contributed by atoms with Gasteiger partial charge in [0.1, 0.15) is 0 Å². The van der Waals surface area contributed by atoms with Gasteiger partial charge in [0.2, 0.25) is 0 Å². The Morgan fingerprint density at radius 3 is 1.28 bits per heavy atom. The van der Waals surface area contributed by atoms with Gasteiger partial charge in [0, 0.05) is 35.7 Å². The maximum absolute atomic E-state index is 13.7. The summed E-state index contributed by atoms with van der Waals surface area (Å²) in [5.74, 6) is -0.414. The molecule has 6 heteroatoms. The Morgan fingerprint density at radius 1 is 0.528 bits per heavy atom. The SMILES string of the molecule is O=C1c2ccccc2C(=O)c2c(Nc3ccc(CCO)cc3)ccc(Nc3ccc(CCO)cc3)c21. The molecule has 0 amide bonds. The standard InChI is InChI=1S/C30H26N2O4/c33-17-15-19-5-9-21(10-6-19)31-25-13-14-26(32-22-11-7-20(8-12-22)16-18-34)28-27(25)29(35)23-3-1-2-4-24(23)30(28)36/h1-14,31-34H,15-18H2. The van der Waals surface area contributed by atoms with Crippen molar-refractivity contribution < 1.29 is 19.8 Å². The van der Waals surface area contributed by atoms with Crippen LogP contribution in [0.5, 0.6) is 0 Å². The van der Waals surface area contributed by atoms with Crippen LogP contribution in [0.15, 0.2) is 84.9 Å². The maximum atomic E-state index is 13.7. The van der Waals surface area contributed by atoms with Crippen LogP contribution < -0.4 is 10.6 Å². The summed E-state index contributed by atoms with van der Waals surface area (Å²) in [6, 6.07) is 25.8. The van der Waals surface area contributed by atoms with E-state index in [4.69, 9.17) is 10.2 Å². The minimum Gasteiger partial charge on any atom is -0.396 e. The highest BCUT2D eigenvalue weighted by atomic mass is 16.3. The number of nitrogens with one attached hydrogen (secondary N) is 2. The van der Waals surface area contributed by atoms with Crippen LogP contribution in [0.25, 0.3) is 0 Å². The fourth-order valence-corrected chi connectivity index (χ4v) is 4.51. The van der Waals surface area contributed by atoms with Gasteiger partial charge in [0.15, 0.2) is 11.6 Å². The van der Waals surface area contributed by atoms with Gasteiger partial charge in [-0.3, -0.25) is 9.59 Å². The fourth-order valence-electron chi connectivity index (χ4n) is 4.51. The second kappa shape index (κ2) is 10.2. The van der Waals surface area contributed by atoms with Crippen molar-refractivity contribution in [3.8, 4) is 0 Å². The first-order chi connectivity index (χ1) is 17.6. The molecule has 0 saturated carbocycles. The van der Waals surface area contributed by atoms with E-state index in [9.17, 15) is 9.59 Å². The summed E-state index contributed by atoms with van der Waals surface area (Å²) in [5, 5.41) is 24.9. The number of hydrogen-bond acceptors (Lipinski definition) is 6. The van der Waals surface area contributed by atoms with E-state index < -0.39 is 0 Å². The van der Waals surface area contributed by atoms with Crippen molar-refractivity contribution in [2.24, 2.45) is 0 Å². The zero-order valence-corrected chi connectivity index (χ0v) is 19.6. The van der Waals surface area contributed by atoms with E-state index in [0.717, 1.165) is 22.5 Å². The summed E-state index contributed by atoms with van der Waals surface area (Å²) in [5.41, 5.74) is 6.12. The van der Waals surface area contributed by atoms with Crippen molar-refractivity contribution in [3.05, 3.63) is 118 Å². The molecular weight excluding hydrogens is 452 g/mol. The number of ketones is 2. The smallest absolute Gasteiger partial charge is 0.196 e. The van der Waals surface area contributed by atoms with Crippen LogP contribution in [0.3, 0.4) is 0 Å². The lowest BCUT2D eigenvalue weighted by Crippen LogP contribution is -2.23. The van der Waals surface area contributed by atoms with Gasteiger partial charge in [-0.25, -0.2) is 0 Å². The first-order valence-electron chi connectivity index (χ1n) is 11.9. The zero-order chi connectivity index (χ0) is 25.1. The first kappa shape index (κ1) is 23.5. The molecule has 4 N–H and O–H groups in total. The molecule has 0 aliphatic heterocycles. The fraction of sp³-hybridized carbons (Fsp3) is 0.133. The highest BCUT2D eigenvalue weighted by Crippen LogP contribution is 2.38. The molecule has 4 aromatic carbocycles. The number of rotatable bonds is 8. The molecule has 0 heterocycles. The molecule has 0 atom stereocenters. The van der Waals surface area contributed by atoms with Crippen molar-refractivity contribution in [1.82, 2.24) is 0 Å². The van der Waals surface area contributed by atoms with Gasteiger partial charge in [-0.1, -0.05) is 48.5 Å². The van der Waals surface area contributed by atoms with Gasteiger partial charge in [-0.05, 0) is 60.4 Å². The molecular formula is C30H26N2O4. The molecule has 4 aromatic rings. The zero-order valence-electron chi connectivity index (χ0n) is 19.6. The molecule has 1 aliphatic carbocycles. The van der Waals surface area contributed by atoms with Crippen LogP contribution in [-0.4, -0.2) is 35.0 Å². The van der Waals surface area contributed by atoms with Gasteiger partial charge < -0.3 is 20.8 Å². The average molecular weight is 479 g/mol. The molecule has 0 saturated heterocycles. The lowest BCUT2D eigenvalue weighted by atomic mass is 9.82. The van der Waals surface area contributed by atoms with Crippen molar-refractivity contribution in [1.29, 1.82) is 0 Å². The Bertz CT molecular complexity index is 1320. The quantitative estimate of drug-likeness (QED) is 0.250. The molecule has 5 rings (SSSR count). The molecule has 0 radical (unpaired) electrons. The molecule has 180 valence electrons. The van der Waals surface area contributed by atoms with E-state index in [1.165, 1.54) is 0 Å². The van der Waals surface area contributed by atoms with Gasteiger partial charge >= 0.3 is 0 Å². The van der Waals surface area contributed by atoms with Crippen molar-refractivity contribution in [2.75, 3.05) is 23.8 Å². The lowest BCUT2D eigenvalue weighted by Gasteiger charge is -2.24. The van der Waals surface area contributed by atoms with E-state index in [1.807, 2.05) is 60.7 Å². The second-order valence-electron chi connectivity index (χ2n) is 8.71. The monoisotopic (exact) mass is 478 g/mol. The average Bonchev–Trinajstić information content (AvgIpc) is 2.90. The Labute approximate surface area is 209 Å². The van der Waals surface area contributed by atoms with Gasteiger partial charge in [0.25, 0.3) is 0 Å². The van der Waals surface area contributed by atoms with Crippen molar-refractivity contribution in [3.63, 3.8) is 0 Å². The van der Waals surface area contributed by atoms with Gasteiger partial charge in [-0.2, -0.15) is 0 Å². The summed E-state index contributed by atoms with van der Waals surface area (Å²) in [4.78, 5) is 27.3. The Kier molecular flexibility index (Phi) is 6.62. The number of fused-ring (bicyclic) bond motifs is 2. The predicted octanol–water partition coefficient (Wildman–Crippen LogP) is 5.02. The van der Waals surface area contributed by atoms with Crippen LogP contribution in [0.2, 0.25) is 0 Å². The minimum atomic E-state index is -0.207. The summed E-state index contributed by atoms with van der Waals surface area (Å²) in [6.07, 6.45) is 1.14. The van der Waals surface area contributed by atoms with Crippen molar-refractivity contribution in [2.45, 2.75) is 12.8 Å². The highest BCUT2D eigenvalue weighted by molar-refractivity contribution is 6.32. The maximum Gasteiger partial charge on any atom is 0.196 e.